The van der Waals surface area contributed by atoms with Crippen molar-refractivity contribution < 1.29 is 24.1 Å². The molecule has 1 N–H and O–H groups in total. The monoisotopic (exact) mass is 389 g/mol. The minimum Gasteiger partial charge on any atom is -0.493 e. The van der Waals surface area contributed by atoms with Crippen molar-refractivity contribution in [3.05, 3.63) is 71.8 Å². The van der Waals surface area contributed by atoms with Crippen molar-refractivity contribution in [2.75, 3.05) is 20.3 Å². The van der Waals surface area contributed by atoms with Gasteiger partial charge in [-0.15, -0.1) is 0 Å². The lowest BCUT2D eigenvalue weighted by Crippen LogP contribution is -2.10. The molecule has 0 bridgehead atoms. The van der Waals surface area contributed by atoms with E-state index in [1.165, 1.54) is 6.08 Å². The molecule has 0 fully saturated rings. The average Bonchev–Trinajstić information content (AvgIpc) is 2.75. The van der Waals surface area contributed by atoms with E-state index in [-0.39, 0.29) is 18.8 Å². The number of nitrogens with zero attached hydrogens (tertiary/aromatic N) is 1. The quantitative estimate of drug-likeness (QED) is 0.351. The van der Waals surface area contributed by atoms with E-state index in [0.717, 1.165) is 10.8 Å². The summed E-state index contributed by atoms with van der Waals surface area (Å²) >= 11 is 0. The number of benzene rings is 3. The van der Waals surface area contributed by atoms with Crippen molar-refractivity contribution in [2.45, 2.75) is 0 Å². The van der Waals surface area contributed by atoms with E-state index in [2.05, 4.69) is 0 Å². The highest BCUT2D eigenvalue weighted by atomic mass is 16.5. The molecule has 0 aliphatic rings. The highest BCUT2D eigenvalue weighted by Gasteiger charge is 2.12. The van der Waals surface area contributed by atoms with Crippen LogP contribution in [0.3, 0.4) is 0 Å². The Hall–Kier alpha value is -3.98. The van der Waals surface area contributed by atoms with Crippen LogP contribution in [-0.4, -0.2) is 31.4 Å². The summed E-state index contributed by atoms with van der Waals surface area (Å²) in [5.74, 6) is 0.420. The van der Waals surface area contributed by atoms with Gasteiger partial charge in [-0.05, 0) is 35.0 Å². The number of methoxy groups -OCH3 is 1. The third kappa shape index (κ3) is 4.66. The summed E-state index contributed by atoms with van der Waals surface area (Å²) in [4.78, 5) is 11.3. The largest absolute Gasteiger partial charge is 0.493 e. The van der Waals surface area contributed by atoms with E-state index in [1.54, 1.807) is 31.4 Å². The molecule has 3 rings (SSSR count). The minimum atomic E-state index is -1.29. The molecule has 0 aromatic heterocycles. The predicted octanol–water partition coefficient (Wildman–Crippen LogP) is 4.30. The second-order valence-corrected chi connectivity index (χ2v) is 6.02. The number of fused-ring (bicyclic) bond motifs is 1. The van der Waals surface area contributed by atoms with E-state index in [9.17, 15) is 9.90 Å². The van der Waals surface area contributed by atoms with Gasteiger partial charge in [0, 0.05) is 5.56 Å². The summed E-state index contributed by atoms with van der Waals surface area (Å²) in [6.07, 6.45) is 1.33. The summed E-state index contributed by atoms with van der Waals surface area (Å²) in [6, 6.07) is 20.2. The zero-order valence-corrected chi connectivity index (χ0v) is 15.8. The first kappa shape index (κ1) is 19.8. The minimum absolute atomic E-state index is 0.228. The first-order valence-electron chi connectivity index (χ1n) is 8.89. The molecule has 29 heavy (non-hydrogen) atoms. The van der Waals surface area contributed by atoms with E-state index < -0.39 is 5.97 Å². The number of carboxylic acid groups (broad SMARTS) is 1. The molecule has 0 saturated carbocycles. The molecule has 146 valence electrons. The first-order chi connectivity index (χ1) is 14.1. The van der Waals surface area contributed by atoms with Crippen LogP contribution in [0.1, 0.15) is 5.56 Å². The molecule has 0 amide bonds. The molecule has 6 nitrogen and oxygen atoms in total. The molecule has 0 atom stereocenters. The first-order valence-corrected chi connectivity index (χ1v) is 8.89. The SMILES string of the molecule is COc1ccccc1OCCOc1ccc2ccccc2c1C=C(C#N)C(=O)O. The van der Waals surface area contributed by atoms with E-state index >= 15 is 0 Å². The smallest absolute Gasteiger partial charge is 0.346 e. The molecule has 0 radical (unpaired) electrons. The maximum atomic E-state index is 11.3. The number of carboxylic acids is 1. The van der Waals surface area contributed by atoms with Gasteiger partial charge in [-0.2, -0.15) is 5.26 Å². The van der Waals surface area contributed by atoms with Crippen molar-refractivity contribution >= 4 is 22.8 Å². The number of hydrogen-bond acceptors (Lipinski definition) is 5. The average molecular weight is 389 g/mol. The molecule has 0 aliphatic heterocycles. The van der Waals surface area contributed by atoms with Crippen LogP contribution in [0.15, 0.2) is 66.2 Å². The zero-order valence-electron chi connectivity index (χ0n) is 15.8. The molecule has 0 unspecified atom stereocenters. The fourth-order valence-electron chi connectivity index (χ4n) is 2.88. The number of para-hydroxylation sites is 2. The summed E-state index contributed by atoms with van der Waals surface area (Å²) in [7, 11) is 1.57. The molecule has 3 aromatic carbocycles. The van der Waals surface area contributed by atoms with Gasteiger partial charge in [-0.1, -0.05) is 42.5 Å². The third-order valence-electron chi connectivity index (χ3n) is 4.24. The lowest BCUT2D eigenvalue weighted by atomic mass is 10.0. The van der Waals surface area contributed by atoms with E-state index in [4.69, 9.17) is 19.5 Å². The summed E-state index contributed by atoms with van der Waals surface area (Å²) in [6.45, 7) is 0.493. The van der Waals surface area contributed by atoms with Gasteiger partial charge in [0.15, 0.2) is 11.5 Å². The molecule has 6 heteroatoms. The molecule has 0 heterocycles. The van der Waals surface area contributed by atoms with Gasteiger partial charge >= 0.3 is 5.97 Å². The van der Waals surface area contributed by atoms with Gasteiger partial charge in [0.25, 0.3) is 0 Å². The van der Waals surface area contributed by atoms with Crippen molar-refractivity contribution in [1.29, 1.82) is 5.26 Å². The number of rotatable bonds is 8. The van der Waals surface area contributed by atoms with Crippen molar-refractivity contribution in [3.8, 4) is 23.3 Å². The summed E-state index contributed by atoms with van der Waals surface area (Å²) in [5, 5.41) is 20.1. The standard InChI is InChI=1S/C23H19NO5/c1-27-21-8-4-5-9-22(21)29-13-12-28-20-11-10-16-6-2-3-7-18(16)19(20)14-17(15-24)23(25)26/h2-11,14H,12-13H2,1H3,(H,25,26). The lowest BCUT2D eigenvalue weighted by molar-refractivity contribution is -0.132. The molecule has 0 aliphatic carbocycles. The Balaban J connectivity index is 1.83. The molecule has 0 spiro atoms. The van der Waals surface area contributed by atoms with Crippen LogP contribution in [0.5, 0.6) is 17.2 Å². The van der Waals surface area contributed by atoms with Crippen LogP contribution in [-0.2, 0) is 4.79 Å². The Kier molecular flexibility index (Phi) is 6.33. The van der Waals surface area contributed by atoms with Gasteiger partial charge in [0.05, 0.1) is 7.11 Å². The van der Waals surface area contributed by atoms with Crippen molar-refractivity contribution in [1.82, 2.24) is 0 Å². The van der Waals surface area contributed by atoms with Gasteiger partial charge < -0.3 is 19.3 Å². The van der Waals surface area contributed by atoms with E-state index in [1.807, 2.05) is 42.5 Å². The molecule has 0 saturated heterocycles. The fourth-order valence-corrected chi connectivity index (χ4v) is 2.88. The highest BCUT2D eigenvalue weighted by molar-refractivity contribution is 6.01. The predicted molar refractivity (Wildman–Crippen MR) is 109 cm³/mol. The van der Waals surface area contributed by atoms with Crippen LogP contribution in [0, 0.1) is 11.3 Å². The van der Waals surface area contributed by atoms with Crippen molar-refractivity contribution in [3.63, 3.8) is 0 Å². The second-order valence-electron chi connectivity index (χ2n) is 6.02. The maximum absolute atomic E-state index is 11.3. The van der Waals surface area contributed by atoms with Gasteiger partial charge in [-0.3, -0.25) is 0 Å². The number of ether oxygens (including phenoxy) is 3. The number of aliphatic carboxylic acids is 1. The van der Waals surface area contributed by atoms with Crippen LogP contribution in [0.2, 0.25) is 0 Å². The van der Waals surface area contributed by atoms with Gasteiger partial charge in [0.2, 0.25) is 0 Å². The van der Waals surface area contributed by atoms with Crippen LogP contribution >= 0.6 is 0 Å². The zero-order chi connectivity index (χ0) is 20.6. The van der Waals surface area contributed by atoms with Crippen LogP contribution < -0.4 is 14.2 Å². The Bertz CT molecular complexity index is 1100. The van der Waals surface area contributed by atoms with E-state index in [0.29, 0.717) is 22.8 Å². The summed E-state index contributed by atoms with van der Waals surface area (Å²) < 4.78 is 16.8. The number of nitriles is 1. The summed E-state index contributed by atoms with van der Waals surface area (Å²) in [5.41, 5.74) is 0.177. The maximum Gasteiger partial charge on any atom is 0.346 e. The number of hydrogen-bond donors (Lipinski definition) is 1. The van der Waals surface area contributed by atoms with Crippen LogP contribution in [0.4, 0.5) is 0 Å². The van der Waals surface area contributed by atoms with Crippen LogP contribution in [0.25, 0.3) is 16.8 Å². The second kappa shape index (κ2) is 9.29. The lowest BCUT2D eigenvalue weighted by Gasteiger charge is -2.14. The normalized spacial score (nSPS) is 11.0. The highest BCUT2D eigenvalue weighted by Crippen LogP contribution is 2.31. The van der Waals surface area contributed by atoms with Gasteiger partial charge in [0.1, 0.15) is 30.6 Å². The molecular formula is C23H19NO5. The Morgan fingerprint density at radius 3 is 2.31 bits per heavy atom. The Morgan fingerprint density at radius 1 is 0.966 bits per heavy atom. The molecule has 3 aromatic rings. The topological polar surface area (TPSA) is 88.8 Å². The van der Waals surface area contributed by atoms with Crippen molar-refractivity contribution in [2.24, 2.45) is 0 Å². The Labute approximate surface area is 168 Å². The molecular weight excluding hydrogens is 370 g/mol. The third-order valence-corrected chi connectivity index (χ3v) is 4.24. The van der Waals surface area contributed by atoms with Gasteiger partial charge in [-0.25, -0.2) is 4.79 Å². The Morgan fingerprint density at radius 2 is 1.62 bits per heavy atom. The fraction of sp³-hybridized carbons (Fsp3) is 0.130. The number of carbonyl (C=O) groups is 1.